The SMILES string of the molecule is Cc1nn(C)c(C)c1C(C)C(=O)N(CCC#N)CC1CC1. The van der Waals surface area contributed by atoms with Crippen LogP contribution in [0.1, 0.15) is 49.1 Å². The lowest BCUT2D eigenvalue weighted by Crippen LogP contribution is -2.37. The molecule has 1 heterocycles. The zero-order valence-electron chi connectivity index (χ0n) is 13.4. The third-order valence-electron chi connectivity index (χ3n) is 4.35. The average molecular weight is 288 g/mol. The van der Waals surface area contributed by atoms with Crippen molar-refractivity contribution in [3.8, 4) is 6.07 Å². The van der Waals surface area contributed by atoms with Gasteiger partial charge >= 0.3 is 0 Å². The van der Waals surface area contributed by atoms with Crippen molar-refractivity contribution in [2.45, 2.75) is 46.0 Å². The van der Waals surface area contributed by atoms with Gasteiger partial charge in [-0.15, -0.1) is 0 Å². The molecule has 21 heavy (non-hydrogen) atoms. The van der Waals surface area contributed by atoms with Crippen molar-refractivity contribution in [2.75, 3.05) is 13.1 Å². The minimum Gasteiger partial charge on any atom is -0.341 e. The third-order valence-corrected chi connectivity index (χ3v) is 4.35. The van der Waals surface area contributed by atoms with Gasteiger partial charge in [0.1, 0.15) is 0 Å². The summed E-state index contributed by atoms with van der Waals surface area (Å²) in [5.74, 6) is 0.559. The minimum absolute atomic E-state index is 0.122. The quantitative estimate of drug-likeness (QED) is 0.807. The van der Waals surface area contributed by atoms with Crippen LogP contribution in [0.5, 0.6) is 0 Å². The normalized spacial score (nSPS) is 15.6. The maximum absolute atomic E-state index is 12.8. The van der Waals surface area contributed by atoms with E-state index in [4.69, 9.17) is 5.26 Å². The maximum atomic E-state index is 12.8. The number of rotatable bonds is 6. The van der Waals surface area contributed by atoms with Gasteiger partial charge in [0, 0.05) is 31.4 Å². The number of amides is 1. The molecule has 2 rings (SSSR count). The van der Waals surface area contributed by atoms with Gasteiger partial charge in [-0.1, -0.05) is 0 Å². The predicted octanol–water partition coefficient (Wildman–Crippen LogP) is 2.29. The van der Waals surface area contributed by atoms with Gasteiger partial charge in [-0.25, -0.2) is 0 Å². The third kappa shape index (κ3) is 3.44. The van der Waals surface area contributed by atoms with Crippen LogP contribution in [-0.4, -0.2) is 33.7 Å². The van der Waals surface area contributed by atoms with Crippen LogP contribution in [0.4, 0.5) is 0 Å². The van der Waals surface area contributed by atoms with E-state index in [0.29, 0.717) is 18.9 Å². The second kappa shape index (κ2) is 6.30. The monoisotopic (exact) mass is 288 g/mol. The van der Waals surface area contributed by atoms with E-state index in [0.717, 1.165) is 23.5 Å². The number of aryl methyl sites for hydroxylation is 2. The molecule has 1 unspecified atom stereocenters. The molecule has 0 N–H and O–H groups in total. The van der Waals surface area contributed by atoms with Crippen LogP contribution < -0.4 is 0 Å². The first-order valence-corrected chi connectivity index (χ1v) is 7.61. The number of nitriles is 1. The van der Waals surface area contributed by atoms with Crippen LogP contribution in [0.15, 0.2) is 0 Å². The first-order valence-electron chi connectivity index (χ1n) is 7.61. The van der Waals surface area contributed by atoms with Crippen LogP contribution in [0.2, 0.25) is 0 Å². The summed E-state index contributed by atoms with van der Waals surface area (Å²) in [5.41, 5.74) is 2.99. The van der Waals surface area contributed by atoms with Crippen LogP contribution in [0.25, 0.3) is 0 Å². The van der Waals surface area contributed by atoms with Crippen LogP contribution in [-0.2, 0) is 11.8 Å². The fraction of sp³-hybridized carbons (Fsp3) is 0.688. The molecule has 1 aliphatic carbocycles. The fourth-order valence-corrected chi connectivity index (χ4v) is 2.90. The summed E-state index contributed by atoms with van der Waals surface area (Å²) in [6.07, 6.45) is 2.81. The second-order valence-electron chi connectivity index (χ2n) is 6.07. The fourth-order valence-electron chi connectivity index (χ4n) is 2.90. The van der Waals surface area contributed by atoms with Crippen LogP contribution >= 0.6 is 0 Å². The molecule has 1 saturated carbocycles. The molecule has 5 nitrogen and oxygen atoms in total. The number of hydrogen-bond acceptors (Lipinski definition) is 3. The first kappa shape index (κ1) is 15.6. The molecule has 114 valence electrons. The van der Waals surface area contributed by atoms with Gasteiger partial charge in [-0.05, 0) is 39.5 Å². The molecule has 0 saturated heterocycles. The van der Waals surface area contributed by atoms with Crippen molar-refractivity contribution in [1.29, 1.82) is 5.26 Å². The number of hydrogen-bond donors (Lipinski definition) is 0. The van der Waals surface area contributed by atoms with Crippen molar-refractivity contribution in [3.05, 3.63) is 17.0 Å². The molecule has 1 fully saturated rings. The predicted molar refractivity (Wildman–Crippen MR) is 80.6 cm³/mol. The van der Waals surface area contributed by atoms with E-state index in [-0.39, 0.29) is 11.8 Å². The van der Waals surface area contributed by atoms with E-state index in [1.807, 2.05) is 37.4 Å². The summed E-state index contributed by atoms with van der Waals surface area (Å²) in [5, 5.41) is 13.2. The van der Waals surface area contributed by atoms with Crippen molar-refractivity contribution >= 4 is 5.91 Å². The van der Waals surface area contributed by atoms with Gasteiger partial charge in [-0.3, -0.25) is 9.48 Å². The molecule has 1 aromatic heterocycles. The highest BCUT2D eigenvalue weighted by atomic mass is 16.2. The summed E-state index contributed by atoms with van der Waals surface area (Å²) in [6.45, 7) is 7.23. The highest BCUT2D eigenvalue weighted by molar-refractivity contribution is 5.84. The molecule has 1 atom stereocenters. The van der Waals surface area contributed by atoms with Gasteiger partial charge in [0.05, 0.1) is 24.1 Å². The molecule has 1 aromatic rings. The van der Waals surface area contributed by atoms with Crippen molar-refractivity contribution < 1.29 is 4.79 Å². The summed E-state index contributed by atoms with van der Waals surface area (Å²) >= 11 is 0. The van der Waals surface area contributed by atoms with Gasteiger partial charge in [0.2, 0.25) is 5.91 Å². The number of carbonyl (C=O) groups is 1. The summed E-state index contributed by atoms with van der Waals surface area (Å²) < 4.78 is 1.83. The lowest BCUT2D eigenvalue weighted by molar-refractivity contribution is -0.132. The Labute approximate surface area is 126 Å². The molecule has 1 amide bonds. The molecule has 1 aliphatic rings. The minimum atomic E-state index is -0.198. The molecule has 0 bridgehead atoms. The molecular formula is C16H24N4O. The molecule has 0 aliphatic heterocycles. The van der Waals surface area contributed by atoms with E-state index in [2.05, 4.69) is 11.2 Å². The van der Waals surface area contributed by atoms with Crippen molar-refractivity contribution in [1.82, 2.24) is 14.7 Å². The summed E-state index contributed by atoms with van der Waals surface area (Å²) in [7, 11) is 1.90. The Balaban J connectivity index is 2.16. The van der Waals surface area contributed by atoms with E-state index >= 15 is 0 Å². The van der Waals surface area contributed by atoms with Gasteiger partial charge in [0.15, 0.2) is 0 Å². The van der Waals surface area contributed by atoms with E-state index in [1.165, 1.54) is 12.8 Å². The van der Waals surface area contributed by atoms with Crippen LogP contribution in [0.3, 0.4) is 0 Å². The molecule has 0 spiro atoms. The smallest absolute Gasteiger partial charge is 0.230 e. The van der Waals surface area contributed by atoms with Crippen molar-refractivity contribution in [3.63, 3.8) is 0 Å². The Hall–Kier alpha value is -1.83. The van der Waals surface area contributed by atoms with E-state index in [9.17, 15) is 4.79 Å². The van der Waals surface area contributed by atoms with Gasteiger partial charge in [-0.2, -0.15) is 10.4 Å². The maximum Gasteiger partial charge on any atom is 0.230 e. The summed E-state index contributed by atoms with van der Waals surface area (Å²) in [4.78, 5) is 14.7. The molecule has 0 radical (unpaired) electrons. The topological polar surface area (TPSA) is 61.9 Å². The highest BCUT2D eigenvalue weighted by Crippen LogP contribution is 2.31. The highest BCUT2D eigenvalue weighted by Gasteiger charge is 2.31. The number of carbonyl (C=O) groups excluding carboxylic acids is 1. The average Bonchev–Trinajstić information content (AvgIpc) is 3.22. The van der Waals surface area contributed by atoms with Gasteiger partial charge in [0.25, 0.3) is 0 Å². The molecular weight excluding hydrogens is 264 g/mol. The first-order chi connectivity index (χ1) is 9.95. The Morgan fingerprint density at radius 1 is 1.52 bits per heavy atom. The zero-order chi connectivity index (χ0) is 15.6. The Morgan fingerprint density at radius 3 is 2.67 bits per heavy atom. The zero-order valence-corrected chi connectivity index (χ0v) is 13.4. The standard InChI is InChI=1S/C16H24N4O/c1-11(15-12(2)18-19(4)13(15)3)16(21)20(9-5-8-17)10-14-6-7-14/h11,14H,5-7,9-10H2,1-4H3. The van der Waals surface area contributed by atoms with E-state index < -0.39 is 0 Å². The van der Waals surface area contributed by atoms with Crippen LogP contribution in [0, 0.1) is 31.1 Å². The van der Waals surface area contributed by atoms with E-state index in [1.54, 1.807) is 0 Å². The Bertz CT molecular complexity index is 566. The second-order valence-corrected chi connectivity index (χ2v) is 6.07. The number of nitrogens with zero attached hydrogens (tertiary/aromatic N) is 4. The van der Waals surface area contributed by atoms with Gasteiger partial charge < -0.3 is 4.90 Å². The lowest BCUT2D eigenvalue weighted by Gasteiger charge is -2.25. The largest absolute Gasteiger partial charge is 0.341 e. The summed E-state index contributed by atoms with van der Waals surface area (Å²) in [6, 6.07) is 2.14. The molecule has 0 aromatic carbocycles. The van der Waals surface area contributed by atoms with Crippen molar-refractivity contribution in [2.24, 2.45) is 13.0 Å². The Morgan fingerprint density at radius 2 is 2.19 bits per heavy atom. The lowest BCUT2D eigenvalue weighted by atomic mass is 9.97. The Kier molecular flexibility index (Phi) is 4.66. The molecule has 5 heteroatoms. The number of aromatic nitrogens is 2.